The smallest absolute Gasteiger partial charge is 0.306 e. The van der Waals surface area contributed by atoms with Gasteiger partial charge in [0.15, 0.2) is 0 Å². The first kappa shape index (κ1) is 59.0. The molecule has 0 spiro atoms. The zero-order chi connectivity index (χ0) is 45.2. The van der Waals surface area contributed by atoms with E-state index in [9.17, 15) is 19.8 Å². The fourth-order valence-electron chi connectivity index (χ4n) is 7.46. The molecule has 0 bridgehead atoms. The first-order valence-corrected chi connectivity index (χ1v) is 25.9. The van der Waals surface area contributed by atoms with Gasteiger partial charge >= 0.3 is 5.97 Å². The SMILES string of the molecule is CC\C=C/C=C/C=C/C=C\C=C\C=C\CCCC(CC(=O)NC(CO)C(O)CCCCCCCCCCCCCCCCCC)OC(=O)CCCCCCC/C=C\CCCCC. The predicted molar refractivity (Wildman–Crippen MR) is 268 cm³/mol. The van der Waals surface area contributed by atoms with Crippen LogP contribution >= 0.6 is 0 Å². The summed E-state index contributed by atoms with van der Waals surface area (Å²) in [4.78, 5) is 26.1. The lowest BCUT2D eigenvalue weighted by molar-refractivity contribution is -0.151. The lowest BCUT2D eigenvalue weighted by Gasteiger charge is -2.24. The number of unbranched alkanes of at least 4 members (excludes halogenated alkanes) is 24. The minimum absolute atomic E-state index is 0.0198. The van der Waals surface area contributed by atoms with Gasteiger partial charge in [0.1, 0.15) is 6.10 Å². The molecule has 0 aliphatic carbocycles. The van der Waals surface area contributed by atoms with E-state index in [0.29, 0.717) is 19.3 Å². The molecule has 0 heterocycles. The number of hydrogen-bond acceptors (Lipinski definition) is 5. The summed E-state index contributed by atoms with van der Waals surface area (Å²) in [6.45, 7) is 6.29. The van der Waals surface area contributed by atoms with Gasteiger partial charge in [-0.2, -0.15) is 0 Å². The molecule has 0 rings (SSSR count). The molecule has 0 fully saturated rings. The van der Waals surface area contributed by atoms with Gasteiger partial charge < -0.3 is 20.3 Å². The van der Waals surface area contributed by atoms with Crippen LogP contribution in [-0.2, 0) is 14.3 Å². The number of allylic oxidation sites excluding steroid dienone is 14. The lowest BCUT2D eigenvalue weighted by Crippen LogP contribution is -2.46. The number of carbonyl (C=O) groups excluding carboxylic acids is 2. The predicted octanol–water partition coefficient (Wildman–Crippen LogP) is 15.6. The van der Waals surface area contributed by atoms with E-state index < -0.39 is 18.2 Å². The molecule has 1 amide bonds. The number of aliphatic hydroxyl groups is 2. The topological polar surface area (TPSA) is 95.9 Å². The minimum atomic E-state index is -0.813. The zero-order valence-electron chi connectivity index (χ0n) is 40.5. The molecular weight excluding hydrogens is 767 g/mol. The molecule has 0 aromatic heterocycles. The van der Waals surface area contributed by atoms with Gasteiger partial charge in [-0.25, -0.2) is 0 Å². The largest absolute Gasteiger partial charge is 0.462 e. The molecule has 3 unspecified atom stereocenters. The third-order valence-electron chi connectivity index (χ3n) is 11.4. The molecule has 62 heavy (non-hydrogen) atoms. The van der Waals surface area contributed by atoms with Crippen LogP contribution in [0.25, 0.3) is 0 Å². The molecule has 0 aliphatic heterocycles. The average molecular weight is 864 g/mol. The number of nitrogens with one attached hydrogen (secondary N) is 1. The van der Waals surface area contributed by atoms with Gasteiger partial charge in [0.2, 0.25) is 5.91 Å². The van der Waals surface area contributed by atoms with Crippen molar-refractivity contribution in [3.63, 3.8) is 0 Å². The number of rotatable bonds is 45. The van der Waals surface area contributed by atoms with Crippen molar-refractivity contribution in [2.45, 2.75) is 251 Å². The van der Waals surface area contributed by atoms with Gasteiger partial charge in [0.25, 0.3) is 0 Å². The zero-order valence-corrected chi connectivity index (χ0v) is 40.5. The van der Waals surface area contributed by atoms with Crippen LogP contribution in [0.1, 0.15) is 233 Å². The summed E-state index contributed by atoms with van der Waals surface area (Å²) in [5.41, 5.74) is 0. The summed E-state index contributed by atoms with van der Waals surface area (Å²) in [6, 6.07) is -0.731. The number of carbonyl (C=O) groups is 2. The maximum absolute atomic E-state index is 13.2. The second kappa shape index (κ2) is 49.1. The fraction of sp³-hybridized carbons (Fsp3) is 0.714. The van der Waals surface area contributed by atoms with Crippen LogP contribution in [-0.4, -0.2) is 46.9 Å². The van der Waals surface area contributed by atoms with Crippen LogP contribution in [0.4, 0.5) is 0 Å². The van der Waals surface area contributed by atoms with Crippen molar-refractivity contribution >= 4 is 11.9 Å². The summed E-state index contributed by atoms with van der Waals surface area (Å²) in [7, 11) is 0. The Bertz CT molecular complexity index is 1200. The molecule has 0 aromatic carbocycles. The highest BCUT2D eigenvalue weighted by Gasteiger charge is 2.24. The molecule has 0 radical (unpaired) electrons. The third-order valence-corrected chi connectivity index (χ3v) is 11.4. The minimum Gasteiger partial charge on any atom is -0.462 e. The van der Waals surface area contributed by atoms with Crippen LogP contribution in [0.3, 0.4) is 0 Å². The van der Waals surface area contributed by atoms with E-state index in [1.807, 2.05) is 60.8 Å². The van der Waals surface area contributed by atoms with Crippen LogP contribution < -0.4 is 5.32 Å². The standard InChI is InChI=1S/C56H97NO5/c1-4-7-10-13-16-19-22-25-27-29-31-33-36-39-42-45-48-54(59)53(51-58)57-55(60)50-52(47-44-41-38-35-32-30-28-26-23-20-17-14-11-8-5-2)62-56(61)49-46-43-40-37-34-24-21-18-15-12-9-6-3/h8,11,14,17-18,20-21,23,26,28,30,32,35,38,52-54,58-59H,4-7,9-10,12-13,15-16,19,22,24-25,27,29,31,33-34,36-37,39-51H2,1-3H3,(H,57,60)/b11-8-,17-14+,21-18-,23-20+,28-26-,32-30+,38-35+. The van der Waals surface area contributed by atoms with Crippen molar-refractivity contribution in [1.82, 2.24) is 5.32 Å². The normalized spacial score (nSPS) is 14.0. The maximum atomic E-state index is 13.2. The van der Waals surface area contributed by atoms with Crippen molar-refractivity contribution in [3.8, 4) is 0 Å². The highest BCUT2D eigenvalue weighted by atomic mass is 16.5. The summed E-state index contributed by atoms with van der Waals surface area (Å²) in [5, 5.41) is 23.8. The van der Waals surface area contributed by atoms with Crippen LogP contribution in [0.5, 0.6) is 0 Å². The number of ether oxygens (including phenoxy) is 1. The van der Waals surface area contributed by atoms with E-state index in [1.165, 1.54) is 122 Å². The molecule has 3 atom stereocenters. The second-order valence-electron chi connectivity index (χ2n) is 17.3. The number of hydrogen-bond donors (Lipinski definition) is 3. The van der Waals surface area contributed by atoms with Crippen LogP contribution in [0, 0.1) is 0 Å². The Morgan fingerprint density at radius 2 is 0.903 bits per heavy atom. The van der Waals surface area contributed by atoms with Crippen molar-refractivity contribution in [3.05, 3.63) is 85.1 Å². The molecule has 0 aromatic rings. The summed E-state index contributed by atoms with van der Waals surface area (Å²) >= 11 is 0. The Morgan fingerprint density at radius 1 is 0.484 bits per heavy atom. The Morgan fingerprint density at radius 3 is 1.42 bits per heavy atom. The number of amides is 1. The van der Waals surface area contributed by atoms with Crippen LogP contribution in [0.2, 0.25) is 0 Å². The monoisotopic (exact) mass is 864 g/mol. The van der Waals surface area contributed by atoms with Crippen molar-refractivity contribution in [2.24, 2.45) is 0 Å². The fourth-order valence-corrected chi connectivity index (χ4v) is 7.46. The average Bonchev–Trinajstić information content (AvgIpc) is 3.26. The van der Waals surface area contributed by atoms with Gasteiger partial charge in [0, 0.05) is 6.42 Å². The summed E-state index contributed by atoms with van der Waals surface area (Å²) < 4.78 is 5.88. The molecular formula is C56H97NO5. The van der Waals surface area contributed by atoms with Gasteiger partial charge in [-0.15, -0.1) is 0 Å². The van der Waals surface area contributed by atoms with E-state index in [-0.39, 0.29) is 24.9 Å². The van der Waals surface area contributed by atoms with E-state index in [0.717, 1.165) is 64.2 Å². The van der Waals surface area contributed by atoms with Crippen molar-refractivity contribution in [2.75, 3.05) is 6.61 Å². The Labute approximate surface area is 383 Å². The van der Waals surface area contributed by atoms with Gasteiger partial charge in [-0.05, 0) is 64.2 Å². The molecule has 356 valence electrons. The van der Waals surface area contributed by atoms with Gasteiger partial charge in [-0.3, -0.25) is 9.59 Å². The van der Waals surface area contributed by atoms with Gasteiger partial charge in [0.05, 0.1) is 25.2 Å². The third kappa shape index (κ3) is 43.7. The highest BCUT2D eigenvalue weighted by Crippen LogP contribution is 2.17. The Hall–Kier alpha value is -2.96. The van der Waals surface area contributed by atoms with E-state index in [1.54, 1.807) is 0 Å². The van der Waals surface area contributed by atoms with Crippen LogP contribution in [0.15, 0.2) is 85.1 Å². The molecule has 6 nitrogen and oxygen atoms in total. The molecule has 0 saturated heterocycles. The number of aliphatic hydroxyl groups excluding tert-OH is 2. The first-order chi connectivity index (χ1) is 30.5. The lowest BCUT2D eigenvalue weighted by atomic mass is 10.0. The van der Waals surface area contributed by atoms with Crippen molar-refractivity contribution < 1.29 is 24.5 Å². The number of esters is 1. The highest BCUT2D eigenvalue weighted by molar-refractivity contribution is 5.77. The Kier molecular flexibility index (Phi) is 46.7. The van der Waals surface area contributed by atoms with E-state index in [2.05, 4.69) is 50.4 Å². The van der Waals surface area contributed by atoms with Crippen molar-refractivity contribution in [1.29, 1.82) is 0 Å². The molecule has 6 heteroatoms. The van der Waals surface area contributed by atoms with E-state index in [4.69, 9.17) is 4.74 Å². The maximum Gasteiger partial charge on any atom is 0.306 e. The quantitative estimate of drug-likeness (QED) is 0.0245. The first-order valence-electron chi connectivity index (χ1n) is 25.9. The molecule has 0 saturated carbocycles. The van der Waals surface area contributed by atoms with E-state index >= 15 is 0 Å². The summed E-state index contributed by atoms with van der Waals surface area (Å²) in [5.74, 6) is -0.563. The second-order valence-corrected chi connectivity index (χ2v) is 17.3. The molecule has 3 N–H and O–H groups in total. The molecule has 0 aliphatic rings. The summed E-state index contributed by atoms with van der Waals surface area (Å²) in [6.07, 6.45) is 63.6. The van der Waals surface area contributed by atoms with Gasteiger partial charge in [-0.1, -0.05) is 241 Å². The Balaban J connectivity index is 4.69.